The minimum absolute atomic E-state index is 0.802. The van der Waals surface area contributed by atoms with Crippen molar-refractivity contribution in [1.29, 1.82) is 0 Å². The number of nitrogens with two attached hydrogens (primary N) is 1. The van der Waals surface area contributed by atoms with E-state index in [1.165, 1.54) is 0 Å². The zero-order valence-electron chi connectivity index (χ0n) is 15.1. The molecule has 0 aliphatic carbocycles. The molecule has 2 saturated heterocycles. The van der Waals surface area contributed by atoms with Gasteiger partial charge in [0.2, 0.25) is 0 Å². The van der Waals surface area contributed by atoms with Gasteiger partial charge in [0, 0.05) is 6.42 Å². The van der Waals surface area contributed by atoms with Crippen LogP contribution < -0.4 is 5.73 Å². The molecule has 0 aromatic heterocycles. The highest BCUT2D eigenvalue weighted by Crippen LogP contribution is 2.36. The van der Waals surface area contributed by atoms with Crippen LogP contribution >= 0.6 is 0 Å². The summed E-state index contributed by atoms with van der Waals surface area (Å²) in [6, 6.07) is -1.39. The SMILES string of the molecule is N[C@H]1[C@H]([C@H](O)[C@H](O)CO)O[C@](O[C@@H]2[C@H](O)[C@H](CO)O[C@H](O)[C@H]2O)(C(=O)O)C[C@@H]1O. The molecule has 2 aliphatic rings. The number of aliphatic hydroxyl groups excluding tert-OH is 8. The van der Waals surface area contributed by atoms with Crippen LogP contribution in [0.2, 0.25) is 0 Å². The van der Waals surface area contributed by atoms with Crippen LogP contribution in [0, 0.1) is 0 Å². The topological polar surface area (TPSA) is 253 Å². The van der Waals surface area contributed by atoms with Crippen LogP contribution in [-0.2, 0) is 19.0 Å². The molecule has 2 rings (SSSR count). The summed E-state index contributed by atoms with van der Waals surface area (Å²) in [6.45, 7) is -1.73. The number of hydrogen-bond donors (Lipinski definition) is 10. The largest absolute Gasteiger partial charge is 0.477 e. The molecule has 170 valence electrons. The van der Waals surface area contributed by atoms with Gasteiger partial charge in [-0.1, -0.05) is 0 Å². The van der Waals surface area contributed by atoms with Crippen molar-refractivity contribution in [2.45, 2.75) is 73.4 Å². The third kappa shape index (κ3) is 4.68. The molecule has 2 fully saturated rings. The smallest absolute Gasteiger partial charge is 0.364 e. The summed E-state index contributed by atoms with van der Waals surface area (Å²) in [5.74, 6) is -4.61. The third-order valence-corrected chi connectivity index (χ3v) is 5.04. The maximum Gasteiger partial charge on any atom is 0.364 e. The molecule has 11 N–H and O–H groups in total. The molecule has 14 heteroatoms. The van der Waals surface area contributed by atoms with Crippen LogP contribution in [-0.4, -0.2) is 132 Å². The van der Waals surface area contributed by atoms with Gasteiger partial charge in [-0.15, -0.1) is 0 Å². The van der Waals surface area contributed by atoms with E-state index in [-0.39, 0.29) is 0 Å². The van der Waals surface area contributed by atoms with Crippen molar-refractivity contribution in [1.82, 2.24) is 0 Å². The first-order valence-electron chi connectivity index (χ1n) is 8.79. The Morgan fingerprint density at radius 1 is 1.17 bits per heavy atom. The van der Waals surface area contributed by atoms with Crippen molar-refractivity contribution >= 4 is 5.97 Å². The quantitative estimate of drug-likeness (QED) is 0.181. The summed E-state index contributed by atoms with van der Waals surface area (Å²) >= 11 is 0. The molecule has 2 heterocycles. The van der Waals surface area contributed by atoms with Crippen molar-refractivity contribution in [3.05, 3.63) is 0 Å². The molecule has 0 bridgehead atoms. The molecular weight excluding hydrogens is 402 g/mol. The van der Waals surface area contributed by atoms with E-state index in [0.717, 1.165) is 0 Å². The first-order valence-corrected chi connectivity index (χ1v) is 8.79. The molecule has 0 radical (unpaired) electrons. The van der Waals surface area contributed by atoms with Crippen LogP contribution in [0.1, 0.15) is 6.42 Å². The van der Waals surface area contributed by atoms with E-state index < -0.39 is 92.6 Å². The number of rotatable bonds is 7. The fourth-order valence-corrected chi connectivity index (χ4v) is 3.29. The Kier molecular flexibility index (Phi) is 7.88. The molecule has 14 nitrogen and oxygen atoms in total. The molecule has 0 amide bonds. The standard InChI is InChI=1S/C15H27NO13/c16-7-4(19)1-15(14(25)26,28-11(7)8(21)5(20)2-17)29-12-9(22)6(3-18)27-13(24)10(12)23/h4-13,17-24H,1-3,16H2,(H,25,26)/t4-,5+,6-,7+,8+,9+,10-,11+,12+,13-,15+/m0/s1. The van der Waals surface area contributed by atoms with Gasteiger partial charge >= 0.3 is 5.97 Å². The van der Waals surface area contributed by atoms with Gasteiger partial charge in [-0.3, -0.25) is 0 Å². The van der Waals surface area contributed by atoms with Gasteiger partial charge in [-0.05, 0) is 0 Å². The van der Waals surface area contributed by atoms with Crippen LogP contribution in [0.25, 0.3) is 0 Å². The minimum Gasteiger partial charge on any atom is -0.477 e. The number of carbonyl (C=O) groups is 1. The summed E-state index contributed by atoms with van der Waals surface area (Å²) in [5.41, 5.74) is 5.72. The number of aliphatic carboxylic acids is 1. The highest BCUT2D eigenvalue weighted by atomic mass is 16.7. The molecule has 2 aliphatic heterocycles. The van der Waals surface area contributed by atoms with E-state index in [4.69, 9.17) is 25.1 Å². The van der Waals surface area contributed by atoms with Gasteiger partial charge in [0.1, 0.15) is 42.7 Å². The predicted molar refractivity (Wildman–Crippen MR) is 87.8 cm³/mol. The lowest BCUT2D eigenvalue weighted by atomic mass is 9.89. The molecule has 0 aromatic carbocycles. The van der Waals surface area contributed by atoms with Crippen LogP contribution in [0.4, 0.5) is 0 Å². The first kappa shape index (κ1) is 24.3. The average Bonchev–Trinajstić information content (AvgIpc) is 2.69. The summed E-state index contributed by atoms with van der Waals surface area (Å²) in [4.78, 5) is 12.0. The van der Waals surface area contributed by atoms with E-state index in [1.807, 2.05) is 0 Å². The highest BCUT2D eigenvalue weighted by Gasteiger charge is 2.58. The Hall–Kier alpha value is -1.01. The number of hydrogen-bond acceptors (Lipinski definition) is 13. The second-order valence-corrected chi connectivity index (χ2v) is 7.04. The Morgan fingerprint density at radius 3 is 2.31 bits per heavy atom. The molecule has 0 aromatic rings. The van der Waals surface area contributed by atoms with Crippen molar-refractivity contribution in [3.8, 4) is 0 Å². The highest BCUT2D eigenvalue weighted by molar-refractivity contribution is 5.76. The molecule has 0 unspecified atom stereocenters. The summed E-state index contributed by atoms with van der Waals surface area (Å²) in [7, 11) is 0. The van der Waals surface area contributed by atoms with E-state index in [2.05, 4.69) is 0 Å². The Labute approximate surface area is 164 Å². The fourth-order valence-electron chi connectivity index (χ4n) is 3.29. The Bertz CT molecular complexity index is 566. The molecule has 0 spiro atoms. The lowest BCUT2D eigenvalue weighted by molar-refractivity contribution is -0.365. The zero-order chi connectivity index (χ0) is 22.1. The molecule has 29 heavy (non-hydrogen) atoms. The summed E-state index contributed by atoms with van der Waals surface area (Å²) in [5, 5.41) is 87.9. The monoisotopic (exact) mass is 429 g/mol. The van der Waals surface area contributed by atoms with E-state index >= 15 is 0 Å². The fraction of sp³-hybridized carbons (Fsp3) is 0.933. The Morgan fingerprint density at radius 2 is 1.79 bits per heavy atom. The van der Waals surface area contributed by atoms with Gasteiger partial charge in [-0.25, -0.2) is 4.79 Å². The second kappa shape index (κ2) is 9.42. The maximum absolute atomic E-state index is 12.0. The summed E-state index contributed by atoms with van der Waals surface area (Å²) < 4.78 is 15.3. The van der Waals surface area contributed by atoms with Gasteiger partial charge in [0.15, 0.2) is 6.29 Å². The molecular formula is C15H27NO13. The first-order chi connectivity index (χ1) is 13.5. The van der Waals surface area contributed by atoms with Gasteiger partial charge < -0.3 is 65.9 Å². The normalized spacial score (nSPS) is 45.6. The summed E-state index contributed by atoms with van der Waals surface area (Å²) in [6.07, 6.45) is -16.9. The second-order valence-electron chi connectivity index (χ2n) is 7.04. The number of ether oxygens (including phenoxy) is 3. The average molecular weight is 429 g/mol. The van der Waals surface area contributed by atoms with Crippen LogP contribution in [0.15, 0.2) is 0 Å². The minimum atomic E-state index is -2.78. The predicted octanol–water partition coefficient (Wildman–Crippen LogP) is -6.22. The number of carboxylic acid groups (broad SMARTS) is 1. The van der Waals surface area contributed by atoms with Crippen molar-refractivity contribution < 1.29 is 65.0 Å². The lowest BCUT2D eigenvalue weighted by Gasteiger charge is -2.48. The van der Waals surface area contributed by atoms with Gasteiger partial charge in [0.25, 0.3) is 5.79 Å². The van der Waals surface area contributed by atoms with E-state index in [1.54, 1.807) is 0 Å². The van der Waals surface area contributed by atoms with E-state index in [9.17, 15) is 45.6 Å². The van der Waals surface area contributed by atoms with Crippen molar-refractivity contribution in [2.24, 2.45) is 5.73 Å². The number of carboxylic acids is 1. The third-order valence-electron chi connectivity index (χ3n) is 5.04. The van der Waals surface area contributed by atoms with E-state index in [0.29, 0.717) is 0 Å². The van der Waals surface area contributed by atoms with Crippen molar-refractivity contribution in [3.63, 3.8) is 0 Å². The zero-order valence-corrected chi connectivity index (χ0v) is 15.1. The van der Waals surface area contributed by atoms with Crippen LogP contribution in [0.5, 0.6) is 0 Å². The number of aliphatic hydroxyl groups is 8. The van der Waals surface area contributed by atoms with Gasteiger partial charge in [0.05, 0.1) is 25.4 Å². The van der Waals surface area contributed by atoms with Gasteiger partial charge in [-0.2, -0.15) is 0 Å². The maximum atomic E-state index is 12.0. The van der Waals surface area contributed by atoms with Crippen LogP contribution in [0.3, 0.4) is 0 Å². The molecule has 11 atom stereocenters. The molecule has 0 saturated carbocycles. The van der Waals surface area contributed by atoms with Crippen molar-refractivity contribution in [2.75, 3.05) is 13.2 Å². The Balaban J connectivity index is 2.35. The lowest BCUT2D eigenvalue weighted by Crippen LogP contribution is -2.69.